The Bertz CT molecular complexity index is 783. The van der Waals surface area contributed by atoms with E-state index >= 15 is 0 Å². The van der Waals surface area contributed by atoms with Crippen molar-refractivity contribution in [2.24, 2.45) is 5.92 Å². The molecule has 0 saturated heterocycles. The zero-order chi connectivity index (χ0) is 19.8. The van der Waals surface area contributed by atoms with Gasteiger partial charge in [-0.1, -0.05) is 19.4 Å². The highest BCUT2D eigenvalue weighted by molar-refractivity contribution is 8.45. The minimum Gasteiger partial charge on any atom is -0.501 e. The first-order chi connectivity index (χ1) is 11.8. The maximum absolute atomic E-state index is 13.0. The monoisotopic (exact) mass is 416 g/mol. The van der Waals surface area contributed by atoms with Crippen LogP contribution >= 0.6 is 22.0 Å². The van der Waals surface area contributed by atoms with Gasteiger partial charge in [0.05, 0.1) is 12.9 Å². The fourth-order valence-corrected chi connectivity index (χ4v) is 3.57. The van der Waals surface area contributed by atoms with Gasteiger partial charge < -0.3 is 4.74 Å². The smallest absolute Gasteiger partial charge is 0.310 e. The molecule has 0 unspecified atom stereocenters. The first-order valence-corrected chi connectivity index (χ1v) is 10.8. The lowest BCUT2D eigenvalue weighted by Gasteiger charge is -2.40. The van der Waals surface area contributed by atoms with Crippen LogP contribution in [-0.2, 0) is 9.53 Å². The molecule has 0 spiro atoms. The summed E-state index contributed by atoms with van der Waals surface area (Å²) in [4.78, 5) is 22.6. The van der Waals surface area contributed by atoms with Gasteiger partial charge in [0.2, 0.25) is 5.78 Å². The van der Waals surface area contributed by atoms with Crippen molar-refractivity contribution in [3.63, 3.8) is 0 Å². The molecule has 0 heterocycles. The number of thioether (sulfide) groups is 1. The van der Waals surface area contributed by atoms with Gasteiger partial charge in [-0.3, -0.25) is 9.59 Å². The zero-order valence-electron chi connectivity index (χ0n) is 13.9. The highest BCUT2D eigenvalue weighted by Crippen LogP contribution is 3.02. The van der Waals surface area contributed by atoms with Gasteiger partial charge in [-0.25, -0.2) is 0 Å². The third kappa shape index (κ3) is 4.79. The lowest BCUT2D eigenvalue weighted by molar-refractivity contribution is -0.116. The maximum atomic E-state index is 13.0. The second-order valence-corrected chi connectivity index (χ2v) is 9.04. The number of benzene rings is 1. The molecule has 3 nitrogen and oxygen atoms in total. The van der Waals surface area contributed by atoms with Crippen molar-refractivity contribution in [1.82, 2.24) is 0 Å². The first kappa shape index (κ1) is 20.8. The summed E-state index contributed by atoms with van der Waals surface area (Å²) in [5, 5.41) is 0. The molecule has 0 atom stereocenters. The zero-order valence-corrected chi connectivity index (χ0v) is 15.6. The minimum atomic E-state index is -9.86. The number of rotatable bonds is 8. The second-order valence-electron chi connectivity index (χ2n) is 5.79. The quantitative estimate of drug-likeness (QED) is 0.0970. The number of carbonyl (C=O) groups excluding carboxylic acids is 2. The summed E-state index contributed by atoms with van der Waals surface area (Å²) in [5.41, 5.74) is -0.534. The van der Waals surface area contributed by atoms with E-state index in [2.05, 4.69) is 0 Å². The van der Waals surface area contributed by atoms with Crippen LogP contribution in [0.4, 0.5) is 19.4 Å². The van der Waals surface area contributed by atoms with E-state index in [1.54, 1.807) is 6.92 Å². The van der Waals surface area contributed by atoms with E-state index in [0.717, 1.165) is 6.26 Å². The predicted octanol–water partition coefficient (Wildman–Crippen LogP) is 6.15. The Labute approximate surface area is 151 Å². The van der Waals surface area contributed by atoms with Crippen molar-refractivity contribution < 1.29 is 33.8 Å². The summed E-state index contributed by atoms with van der Waals surface area (Å²) in [6.07, 6.45) is 3.59. The van der Waals surface area contributed by atoms with Gasteiger partial charge in [-0.15, -0.1) is 11.8 Å². The normalized spacial score (nSPS) is 18.0. The highest BCUT2D eigenvalue weighted by atomic mass is 32.5. The molecule has 0 amide bonds. The third-order valence-electron chi connectivity index (χ3n) is 3.69. The molecule has 0 N–H and O–H groups in total. The number of hydrogen-bond acceptors (Lipinski definition) is 4. The topological polar surface area (TPSA) is 43.4 Å². The van der Waals surface area contributed by atoms with E-state index in [0.29, 0.717) is 30.7 Å². The average molecular weight is 416 g/mol. The molecule has 1 aromatic rings. The van der Waals surface area contributed by atoms with Crippen LogP contribution in [0.25, 0.3) is 0 Å². The van der Waals surface area contributed by atoms with E-state index in [1.807, 2.05) is 0 Å². The van der Waals surface area contributed by atoms with Gasteiger partial charge in [-0.05, 0) is 44.2 Å². The number of halogens is 5. The number of hydrogen-bond donors (Lipinski definition) is 0. The van der Waals surface area contributed by atoms with E-state index in [4.69, 9.17) is 4.74 Å². The van der Waals surface area contributed by atoms with Gasteiger partial charge >= 0.3 is 10.2 Å². The van der Waals surface area contributed by atoms with Crippen LogP contribution in [0, 0.1) is 5.92 Å². The lowest BCUT2D eigenvalue weighted by atomic mass is 9.98. The number of Topliss-reactive ketones (excluding diaryl/α,β-unsaturated/α-hetero) is 2. The molecular weight excluding hydrogens is 399 g/mol. The van der Waals surface area contributed by atoms with Crippen molar-refractivity contribution in [2.75, 3.05) is 12.9 Å². The minimum absolute atomic E-state index is 0.175. The highest BCUT2D eigenvalue weighted by Gasteiger charge is 2.65. The maximum Gasteiger partial charge on any atom is 0.310 e. The number of carbonyl (C=O) groups is 2. The Kier molecular flexibility index (Phi) is 5.00. The second kappa shape index (κ2) is 6.26. The van der Waals surface area contributed by atoms with Crippen LogP contribution in [0.15, 0.2) is 39.8 Å². The van der Waals surface area contributed by atoms with Gasteiger partial charge in [0.25, 0.3) is 0 Å². The summed E-state index contributed by atoms with van der Waals surface area (Å²) < 4.78 is 69.9. The first-order valence-electron chi connectivity index (χ1n) is 7.61. The summed E-state index contributed by atoms with van der Waals surface area (Å²) in [6, 6.07) is 1.11. The molecule has 1 aliphatic carbocycles. The molecular formula is C16H17F5O3S2. The van der Waals surface area contributed by atoms with E-state index in [-0.39, 0.29) is 40.7 Å². The Morgan fingerprint density at radius 2 is 1.85 bits per heavy atom. The van der Waals surface area contributed by atoms with Crippen LogP contribution in [0.5, 0.6) is 0 Å². The van der Waals surface area contributed by atoms with E-state index < -0.39 is 26.7 Å². The van der Waals surface area contributed by atoms with Crippen LogP contribution in [0.1, 0.15) is 30.1 Å². The van der Waals surface area contributed by atoms with Gasteiger partial charge in [0.1, 0.15) is 10.5 Å². The van der Waals surface area contributed by atoms with E-state index in [1.165, 1.54) is 6.26 Å². The molecule has 2 rings (SSSR count). The fraction of sp³-hybridized carbons (Fsp3) is 0.375. The summed E-state index contributed by atoms with van der Waals surface area (Å²) in [5.74, 6) is -1.60. The Morgan fingerprint density at radius 1 is 1.23 bits per heavy atom. The van der Waals surface area contributed by atoms with Gasteiger partial charge in [0, 0.05) is 16.4 Å². The Morgan fingerprint density at radius 3 is 2.31 bits per heavy atom. The van der Waals surface area contributed by atoms with Crippen molar-refractivity contribution in [1.29, 1.82) is 0 Å². The van der Waals surface area contributed by atoms with Crippen molar-refractivity contribution in [3.05, 3.63) is 35.6 Å². The summed E-state index contributed by atoms with van der Waals surface area (Å²) >= 11 is 0.714. The Balaban J connectivity index is 2.49. The SMILES string of the molecule is CCOC=C(C(=O)c1ccc(S(F)(F)(F)(F)F)cc1SC)C(=O)C1CC1. The number of allylic oxidation sites excluding steroid dienone is 1. The lowest BCUT2D eigenvalue weighted by Crippen LogP contribution is -2.17. The average Bonchev–Trinajstić information content (AvgIpc) is 3.36. The standard InChI is InChI=1S/C16H17F5O3S2/c1-3-24-9-13(15(22)10-4-5-10)16(23)12-7-6-11(8-14(12)25-2)26(17,18,19,20)21/h6-10H,3-5H2,1-2H3. The van der Waals surface area contributed by atoms with Crippen LogP contribution in [0.2, 0.25) is 0 Å². The van der Waals surface area contributed by atoms with Crippen LogP contribution in [-0.4, -0.2) is 24.4 Å². The number of ether oxygens (including phenoxy) is 1. The third-order valence-corrected chi connectivity index (χ3v) is 5.61. The molecule has 26 heavy (non-hydrogen) atoms. The molecule has 1 aliphatic rings. The van der Waals surface area contributed by atoms with Crippen LogP contribution < -0.4 is 0 Å². The summed E-state index contributed by atoms with van der Waals surface area (Å²) in [6.45, 7) is 1.82. The van der Waals surface area contributed by atoms with Crippen LogP contribution in [0.3, 0.4) is 0 Å². The van der Waals surface area contributed by atoms with Gasteiger partial charge in [-0.2, -0.15) is 0 Å². The molecule has 1 aromatic carbocycles. The molecule has 1 saturated carbocycles. The van der Waals surface area contributed by atoms with Crippen molar-refractivity contribution in [2.45, 2.75) is 29.6 Å². The van der Waals surface area contributed by atoms with Crippen molar-refractivity contribution >= 4 is 33.6 Å². The van der Waals surface area contributed by atoms with Gasteiger partial charge in [0.15, 0.2) is 5.78 Å². The summed E-state index contributed by atoms with van der Waals surface area (Å²) in [7, 11) is -9.86. The van der Waals surface area contributed by atoms with E-state index in [9.17, 15) is 29.0 Å². The molecule has 0 aliphatic heterocycles. The Hall–Kier alpha value is -1.55. The molecule has 0 radical (unpaired) electrons. The van der Waals surface area contributed by atoms with Crippen molar-refractivity contribution in [3.8, 4) is 0 Å². The molecule has 10 heteroatoms. The molecule has 146 valence electrons. The largest absolute Gasteiger partial charge is 0.501 e. The molecule has 0 aromatic heterocycles. The molecule has 0 bridgehead atoms. The molecule has 1 fully saturated rings. The predicted molar refractivity (Wildman–Crippen MR) is 91.4 cm³/mol. The fourth-order valence-electron chi connectivity index (χ4n) is 2.20. The number of ketones is 2.